The van der Waals surface area contributed by atoms with Crippen LogP contribution in [0.2, 0.25) is 0 Å². The van der Waals surface area contributed by atoms with Crippen LogP contribution < -0.4 is 4.74 Å². The van der Waals surface area contributed by atoms with Crippen molar-refractivity contribution in [2.75, 3.05) is 0 Å². The average molecular weight is 400 g/mol. The number of nitrogens with zero attached hydrogens (tertiary/aromatic N) is 1. The number of ketones is 1. The summed E-state index contributed by atoms with van der Waals surface area (Å²) in [7, 11) is 0. The van der Waals surface area contributed by atoms with Crippen LogP contribution in [-0.4, -0.2) is 10.8 Å². The number of Topliss-reactive ketones (excluding diaryl/α,β-unsaturated/α-hetero) is 1. The Kier molecular flexibility index (Phi) is 5.56. The summed E-state index contributed by atoms with van der Waals surface area (Å²) in [5.74, 6) is 0.157. The minimum Gasteiger partial charge on any atom is -0.488 e. The fraction of sp³-hybridized carbons (Fsp3) is 0.100. The molecule has 0 atom stereocenters. The van der Waals surface area contributed by atoms with Gasteiger partial charge in [0.1, 0.15) is 18.2 Å². The van der Waals surface area contributed by atoms with Crippen molar-refractivity contribution in [2.45, 2.75) is 13.0 Å². The van der Waals surface area contributed by atoms with Crippen LogP contribution in [0.4, 0.5) is 4.39 Å². The SMILES string of the molecule is O=C(Cc1cccnc1)c1cc(Br)ccc1OCc1ccc(F)cc1. The quantitative estimate of drug-likeness (QED) is 0.548. The lowest BCUT2D eigenvalue weighted by Gasteiger charge is -2.12. The number of halogens is 2. The first-order chi connectivity index (χ1) is 12.1. The Morgan fingerprint density at radius 1 is 1.08 bits per heavy atom. The second-order valence-corrected chi connectivity index (χ2v) is 6.43. The maximum atomic E-state index is 13.0. The first kappa shape index (κ1) is 17.3. The fourth-order valence-corrected chi connectivity index (χ4v) is 2.73. The third-order valence-electron chi connectivity index (χ3n) is 3.64. The lowest BCUT2D eigenvalue weighted by molar-refractivity contribution is 0.0988. The van der Waals surface area contributed by atoms with Gasteiger partial charge in [0.25, 0.3) is 0 Å². The third-order valence-corrected chi connectivity index (χ3v) is 4.13. The summed E-state index contributed by atoms with van der Waals surface area (Å²) in [4.78, 5) is 16.7. The van der Waals surface area contributed by atoms with Crippen LogP contribution in [0.15, 0.2) is 71.5 Å². The highest BCUT2D eigenvalue weighted by atomic mass is 79.9. The summed E-state index contributed by atoms with van der Waals surface area (Å²) >= 11 is 3.39. The molecule has 0 saturated heterocycles. The van der Waals surface area contributed by atoms with Crippen molar-refractivity contribution in [3.05, 3.63) is 94.0 Å². The van der Waals surface area contributed by atoms with Crippen molar-refractivity contribution in [1.29, 1.82) is 0 Å². The molecular weight excluding hydrogens is 385 g/mol. The van der Waals surface area contributed by atoms with Gasteiger partial charge in [-0.2, -0.15) is 0 Å². The van der Waals surface area contributed by atoms with Gasteiger partial charge in [-0.25, -0.2) is 4.39 Å². The Morgan fingerprint density at radius 2 is 1.88 bits per heavy atom. The standard InChI is InChI=1S/C20H15BrFNO2/c21-16-5-8-20(25-13-14-3-6-17(22)7-4-14)18(11-16)19(24)10-15-2-1-9-23-12-15/h1-9,11-12H,10,13H2. The highest BCUT2D eigenvalue weighted by Gasteiger charge is 2.14. The second kappa shape index (κ2) is 8.03. The van der Waals surface area contributed by atoms with Gasteiger partial charge in [-0.15, -0.1) is 0 Å². The minimum absolute atomic E-state index is 0.0524. The molecule has 1 heterocycles. The second-order valence-electron chi connectivity index (χ2n) is 5.52. The van der Waals surface area contributed by atoms with E-state index in [1.807, 2.05) is 12.1 Å². The molecule has 126 valence electrons. The number of hydrogen-bond donors (Lipinski definition) is 0. The zero-order valence-corrected chi connectivity index (χ0v) is 14.9. The molecule has 0 aliphatic carbocycles. The zero-order valence-electron chi connectivity index (χ0n) is 13.3. The van der Waals surface area contributed by atoms with Gasteiger partial charge < -0.3 is 4.74 Å². The molecule has 3 nitrogen and oxygen atoms in total. The molecule has 3 rings (SSSR count). The maximum Gasteiger partial charge on any atom is 0.171 e. The normalized spacial score (nSPS) is 10.5. The van der Waals surface area contributed by atoms with E-state index in [1.54, 1.807) is 42.7 Å². The Labute approximate surface area is 153 Å². The molecule has 5 heteroatoms. The lowest BCUT2D eigenvalue weighted by Crippen LogP contribution is -2.07. The van der Waals surface area contributed by atoms with Crippen molar-refractivity contribution < 1.29 is 13.9 Å². The van der Waals surface area contributed by atoms with Gasteiger partial charge in [0, 0.05) is 23.3 Å². The largest absolute Gasteiger partial charge is 0.488 e. The van der Waals surface area contributed by atoms with Gasteiger partial charge in [0.05, 0.1) is 5.56 Å². The van der Waals surface area contributed by atoms with Crippen molar-refractivity contribution in [3.63, 3.8) is 0 Å². The Balaban J connectivity index is 1.77. The summed E-state index contributed by atoms with van der Waals surface area (Å²) in [6, 6.07) is 15.1. The molecule has 3 aromatic rings. The number of aromatic nitrogens is 1. The van der Waals surface area contributed by atoms with Crippen LogP contribution in [0.1, 0.15) is 21.5 Å². The Morgan fingerprint density at radius 3 is 2.60 bits per heavy atom. The Hall–Kier alpha value is -2.53. The van der Waals surface area contributed by atoms with Crippen LogP contribution in [-0.2, 0) is 13.0 Å². The predicted octanol–water partition coefficient (Wildman–Crippen LogP) is 4.99. The van der Waals surface area contributed by atoms with E-state index in [-0.39, 0.29) is 24.6 Å². The van der Waals surface area contributed by atoms with Crippen molar-refractivity contribution in [3.8, 4) is 5.75 Å². The van der Waals surface area contributed by atoms with Gasteiger partial charge in [0.15, 0.2) is 5.78 Å². The summed E-state index contributed by atoms with van der Waals surface area (Å²) in [6.07, 6.45) is 3.59. The smallest absolute Gasteiger partial charge is 0.171 e. The minimum atomic E-state index is -0.292. The van der Waals surface area contributed by atoms with Gasteiger partial charge >= 0.3 is 0 Å². The van der Waals surface area contributed by atoms with Crippen LogP contribution in [0.5, 0.6) is 5.75 Å². The summed E-state index contributed by atoms with van der Waals surface area (Å²) in [5, 5.41) is 0. The molecule has 0 bridgehead atoms. The molecule has 0 aliphatic heterocycles. The van der Waals surface area contributed by atoms with Gasteiger partial charge in [0.2, 0.25) is 0 Å². The van der Waals surface area contributed by atoms with Crippen molar-refractivity contribution >= 4 is 21.7 Å². The molecule has 1 aromatic heterocycles. The Bertz CT molecular complexity index is 867. The number of hydrogen-bond acceptors (Lipinski definition) is 3. The topological polar surface area (TPSA) is 39.2 Å². The molecule has 0 saturated carbocycles. The van der Waals surface area contributed by atoms with Crippen molar-refractivity contribution in [1.82, 2.24) is 4.98 Å². The molecule has 0 fully saturated rings. The number of rotatable bonds is 6. The van der Waals surface area contributed by atoms with E-state index in [2.05, 4.69) is 20.9 Å². The van der Waals surface area contributed by atoms with Crippen molar-refractivity contribution in [2.24, 2.45) is 0 Å². The predicted molar refractivity (Wildman–Crippen MR) is 97.1 cm³/mol. The summed E-state index contributed by atoms with van der Waals surface area (Å²) in [6.45, 7) is 0.259. The molecule has 0 radical (unpaired) electrons. The van der Waals surface area contributed by atoms with E-state index in [0.29, 0.717) is 11.3 Å². The first-order valence-electron chi connectivity index (χ1n) is 7.71. The average Bonchev–Trinajstić information content (AvgIpc) is 2.63. The van der Waals surface area contributed by atoms with E-state index in [4.69, 9.17) is 4.74 Å². The molecule has 0 N–H and O–H groups in total. The summed E-state index contributed by atoms with van der Waals surface area (Å²) < 4.78 is 19.6. The first-order valence-corrected chi connectivity index (χ1v) is 8.50. The highest BCUT2D eigenvalue weighted by molar-refractivity contribution is 9.10. The van der Waals surface area contributed by atoms with Crippen LogP contribution in [0.3, 0.4) is 0 Å². The molecule has 0 amide bonds. The van der Waals surface area contributed by atoms with E-state index in [1.165, 1.54) is 12.1 Å². The maximum absolute atomic E-state index is 13.0. The zero-order chi connectivity index (χ0) is 17.6. The van der Waals surface area contributed by atoms with Crippen LogP contribution >= 0.6 is 15.9 Å². The molecule has 0 unspecified atom stereocenters. The molecule has 0 spiro atoms. The van der Waals surface area contributed by atoms with Crippen LogP contribution in [0, 0.1) is 5.82 Å². The number of ether oxygens (including phenoxy) is 1. The third kappa shape index (κ3) is 4.73. The van der Waals surface area contributed by atoms with E-state index in [0.717, 1.165) is 15.6 Å². The number of benzene rings is 2. The van der Waals surface area contributed by atoms with E-state index < -0.39 is 0 Å². The molecule has 0 aliphatic rings. The lowest BCUT2D eigenvalue weighted by atomic mass is 10.0. The van der Waals surface area contributed by atoms with Gasteiger partial charge in [-0.3, -0.25) is 9.78 Å². The number of carbonyl (C=O) groups excluding carboxylic acids is 1. The van der Waals surface area contributed by atoms with Crippen LogP contribution in [0.25, 0.3) is 0 Å². The monoisotopic (exact) mass is 399 g/mol. The molecular formula is C20H15BrFNO2. The van der Waals surface area contributed by atoms with E-state index >= 15 is 0 Å². The number of carbonyl (C=O) groups is 1. The van der Waals surface area contributed by atoms with E-state index in [9.17, 15) is 9.18 Å². The molecule has 25 heavy (non-hydrogen) atoms. The number of pyridine rings is 1. The molecule has 2 aromatic carbocycles. The van der Waals surface area contributed by atoms with Gasteiger partial charge in [-0.05, 0) is 47.5 Å². The van der Waals surface area contributed by atoms with Gasteiger partial charge in [-0.1, -0.05) is 34.1 Å². The fourth-order valence-electron chi connectivity index (χ4n) is 2.37. The highest BCUT2D eigenvalue weighted by Crippen LogP contribution is 2.25. The summed E-state index contributed by atoms with van der Waals surface area (Å²) in [5.41, 5.74) is 2.17.